The molecule has 1 amide bonds. The lowest BCUT2D eigenvalue weighted by Crippen LogP contribution is -2.45. The van der Waals surface area contributed by atoms with Crippen molar-refractivity contribution in [2.24, 2.45) is 0 Å². The predicted molar refractivity (Wildman–Crippen MR) is 71.1 cm³/mol. The summed E-state index contributed by atoms with van der Waals surface area (Å²) in [7, 11) is 0. The van der Waals surface area contributed by atoms with E-state index in [0.29, 0.717) is 5.69 Å². The second kappa shape index (κ2) is 4.63. The van der Waals surface area contributed by atoms with Gasteiger partial charge in [0.05, 0.1) is 17.1 Å². The molecule has 1 heterocycles. The van der Waals surface area contributed by atoms with Gasteiger partial charge in [0.25, 0.3) is 0 Å². The number of anilines is 1. The van der Waals surface area contributed by atoms with Gasteiger partial charge in [-0.2, -0.15) is 5.10 Å². The van der Waals surface area contributed by atoms with E-state index in [-0.39, 0.29) is 18.0 Å². The number of nitrogen functional groups attached to an aromatic ring is 1. The molecule has 0 saturated heterocycles. The monoisotopic (exact) mass is 250 g/mol. The molecule has 100 valence electrons. The van der Waals surface area contributed by atoms with Crippen molar-refractivity contribution in [2.45, 2.75) is 58.5 Å². The number of carbonyl (C=O) groups excluding carboxylic acids is 1. The summed E-state index contributed by atoms with van der Waals surface area (Å²) in [5.41, 5.74) is 8.14. The minimum Gasteiger partial charge on any atom is -0.396 e. The summed E-state index contributed by atoms with van der Waals surface area (Å²) < 4.78 is 1.68. The molecule has 1 aliphatic carbocycles. The summed E-state index contributed by atoms with van der Waals surface area (Å²) in [6.45, 7) is 6.11. The Hall–Kier alpha value is -1.52. The summed E-state index contributed by atoms with van der Waals surface area (Å²) in [5.74, 6) is 0.0185. The van der Waals surface area contributed by atoms with Crippen LogP contribution in [0.15, 0.2) is 0 Å². The van der Waals surface area contributed by atoms with E-state index in [1.165, 1.54) is 12.8 Å². The highest BCUT2D eigenvalue weighted by Gasteiger charge is 2.30. The number of carbonyl (C=O) groups is 1. The van der Waals surface area contributed by atoms with Gasteiger partial charge in [-0.15, -0.1) is 0 Å². The maximum atomic E-state index is 12.0. The Balaban J connectivity index is 2.01. The molecule has 1 aromatic heterocycles. The van der Waals surface area contributed by atoms with E-state index < -0.39 is 0 Å². The maximum absolute atomic E-state index is 12.0. The lowest BCUT2D eigenvalue weighted by Gasteiger charge is -2.25. The molecule has 5 heteroatoms. The molecule has 0 unspecified atom stereocenters. The van der Waals surface area contributed by atoms with Gasteiger partial charge >= 0.3 is 0 Å². The molecule has 1 fully saturated rings. The van der Waals surface area contributed by atoms with Crippen LogP contribution in [0.4, 0.5) is 5.69 Å². The Bertz CT molecular complexity index is 458. The number of aromatic nitrogens is 2. The van der Waals surface area contributed by atoms with Gasteiger partial charge < -0.3 is 11.1 Å². The van der Waals surface area contributed by atoms with Crippen LogP contribution in [0.1, 0.15) is 44.0 Å². The lowest BCUT2D eigenvalue weighted by atomic mass is 10.0. The fourth-order valence-electron chi connectivity index (χ4n) is 2.66. The van der Waals surface area contributed by atoms with E-state index in [1.807, 2.05) is 13.8 Å². The van der Waals surface area contributed by atoms with Crippen molar-refractivity contribution < 1.29 is 4.79 Å². The third-order valence-corrected chi connectivity index (χ3v) is 3.88. The number of hydrogen-bond donors (Lipinski definition) is 2. The highest BCUT2D eigenvalue weighted by atomic mass is 16.2. The molecular weight excluding hydrogens is 228 g/mol. The standard InChI is InChI=1S/C13H22N4O/c1-9-12(14)10(2)17(16-9)8-11(18)15-13(3)6-4-5-7-13/h4-8,14H2,1-3H3,(H,15,18). The molecule has 1 aliphatic rings. The van der Waals surface area contributed by atoms with Gasteiger partial charge in [0.2, 0.25) is 5.91 Å². The maximum Gasteiger partial charge on any atom is 0.242 e. The Morgan fingerprint density at radius 2 is 2.06 bits per heavy atom. The first kappa shape index (κ1) is 12.9. The quantitative estimate of drug-likeness (QED) is 0.854. The molecule has 0 aromatic carbocycles. The molecule has 5 nitrogen and oxygen atoms in total. The van der Waals surface area contributed by atoms with Gasteiger partial charge in [-0.1, -0.05) is 12.8 Å². The fourth-order valence-corrected chi connectivity index (χ4v) is 2.66. The van der Waals surface area contributed by atoms with E-state index in [4.69, 9.17) is 5.73 Å². The van der Waals surface area contributed by atoms with Crippen LogP contribution in [0.5, 0.6) is 0 Å². The van der Waals surface area contributed by atoms with Crippen molar-refractivity contribution in [3.63, 3.8) is 0 Å². The van der Waals surface area contributed by atoms with E-state index in [9.17, 15) is 4.79 Å². The fraction of sp³-hybridized carbons (Fsp3) is 0.692. The minimum absolute atomic E-state index is 0.0185. The molecule has 18 heavy (non-hydrogen) atoms. The van der Waals surface area contributed by atoms with E-state index in [1.54, 1.807) is 4.68 Å². The molecular formula is C13H22N4O. The second-order valence-corrected chi connectivity index (χ2v) is 5.56. The van der Waals surface area contributed by atoms with Gasteiger partial charge in [-0.25, -0.2) is 0 Å². The molecule has 0 atom stereocenters. The van der Waals surface area contributed by atoms with Crippen molar-refractivity contribution in [3.8, 4) is 0 Å². The predicted octanol–water partition coefficient (Wildman–Crippen LogP) is 1.53. The van der Waals surface area contributed by atoms with E-state index >= 15 is 0 Å². The average Bonchev–Trinajstić information content (AvgIpc) is 2.80. The zero-order chi connectivity index (χ0) is 13.3. The summed E-state index contributed by atoms with van der Waals surface area (Å²) in [5, 5.41) is 7.40. The Labute approximate surface area is 108 Å². The van der Waals surface area contributed by atoms with Crippen molar-refractivity contribution in [2.75, 3.05) is 5.73 Å². The van der Waals surface area contributed by atoms with Crippen LogP contribution in [0.2, 0.25) is 0 Å². The van der Waals surface area contributed by atoms with Crippen LogP contribution < -0.4 is 11.1 Å². The molecule has 0 aliphatic heterocycles. The number of aryl methyl sites for hydroxylation is 1. The van der Waals surface area contributed by atoms with Crippen molar-refractivity contribution in [1.82, 2.24) is 15.1 Å². The van der Waals surface area contributed by atoms with Crippen LogP contribution in [-0.4, -0.2) is 21.2 Å². The molecule has 1 saturated carbocycles. The molecule has 0 radical (unpaired) electrons. The third-order valence-electron chi connectivity index (χ3n) is 3.88. The third kappa shape index (κ3) is 2.49. The normalized spacial score (nSPS) is 17.9. The van der Waals surface area contributed by atoms with E-state index in [0.717, 1.165) is 24.2 Å². The van der Waals surface area contributed by atoms with Crippen LogP contribution in [0.25, 0.3) is 0 Å². The number of hydrogen-bond acceptors (Lipinski definition) is 3. The largest absolute Gasteiger partial charge is 0.396 e. The summed E-state index contributed by atoms with van der Waals surface area (Å²) >= 11 is 0. The molecule has 2 rings (SSSR count). The van der Waals surface area contributed by atoms with Gasteiger partial charge in [0, 0.05) is 5.54 Å². The van der Waals surface area contributed by atoms with Crippen LogP contribution in [0, 0.1) is 13.8 Å². The van der Waals surface area contributed by atoms with Crippen molar-refractivity contribution in [3.05, 3.63) is 11.4 Å². The smallest absolute Gasteiger partial charge is 0.242 e. The van der Waals surface area contributed by atoms with Gasteiger partial charge in [-0.3, -0.25) is 9.48 Å². The van der Waals surface area contributed by atoms with Crippen molar-refractivity contribution in [1.29, 1.82) is 0 Å². The highest BCUT2D eigenvalue weighted by molar-refractivity contribution is 5.76. The first-order valence-electron chi connectivity index (χ1n) is 6.52. The number of nitrogens with one attached hydrogen (secondary N) is 1. The second-order valence-electron chi connectivity index (χ2n) is 5.56. The van der Waals surface area contributed by atoms with Gasteiger partial charge in [0.1, 0.15) is 6.54 Å². The average molecular weight is 250 g/mol. The summed E-state index contributed by atoms with van der Waals surface area (Å²) in [4.78, 5) is 12.0. The number of nitrogens with zero attached hydrogens (tertiary/aromatic N) is 2. The van der Waals surface area contributed by atoms with E-state index in [2.05, 4.69) is 17.3 Å². The topological polar surface area (TPSA) is 72.9 Å². The lowest BCUT2D eigenvalue weighted by molar-refractivity contribution is -0.123. The molecule has 0 spiro atoms. The Morgan fingerprint density at radius 3 is 2.56 bits per heavy atom. The zero-order valence-corrected chi connectivity index (χ0v) is 11.4. The summed E-state index contributed by atoms with van der Waals surface area (Å²) in [6.07, 6.45) is 4.53. The van der Waals surface area contributed by atoms with Crippen LogP contribution in [-0.2, 0) is 11.3 Å². The van der Waals surface area contributed by atoms with Crippen LogP contribution in [0.3, 0.4) is 0 Å². The minimum atomic E-state index is -0.0290. The number of rotatable bonds is 3. The number of nitrogens with two attached hydrogens (primary N) is 1. The van der Waals surface area contributed by atoms with Crippen LogP contribution >= 0.6 is 0 Å². The molecule has 0 bridgehead atoms. The SMILES string of the molecule is Cc1nn(CC(=O)NC2(C)CCCC2)c(C)c1N. The Kier molecular flexibility index (Phi) is 3.32. The molecule has 3 N–H and O–H groups in total. The zero-order valence-electron chi connectivity index (χ0n) is 11.4. The van der Waals surface area contributed by atoms with Gasteiger partial charge in [0.15, 0.2) is 0 Å². The number of amides is 1. The first-order valence-corrected chi connectivity index (χ1v) is 6.52. The van der Waals surface area contributed by atoms with Crippen molar-refractivity contribution >= 4 is 11.6 Å². The first-order chi connectivity index (χ1) is 8.41. The Morgan fingerprint density at radius 1 is 1.44 bits per heavy atom. The summed E-state index contributed by atoms with van der Waals surface area (Å²) in [6, 6.07) is 0. The molecule has 1 aromatic rings. The highest BCUT2D eigenvalue weighted by Crippen LogP contribution is 2.28. The van der Waals surface area contributed by atoms with Gasteiger partial charge in [-0.05, 0) is 33.6 Å².